The molecule has 0 saturated carbocycles. The second-order valence-corrected chi connectivity index (χ2v) is 3.88. The SMILES string of the molecule is C=C/C=C(\C=C/C)SC(=C)/C=C\CC. The van der Waals surface area contributed by atoms with Crippen LogP contribution in [0.1, 0.15) is 20.3 Å². The van der Waals surface area contributed by atoms with Gasteiger partial charge in [0, 0.05) is 9.81 Å². The van der Waals surface area contributed by atoms with E-state index in [-0.39, 0.29) is 0 Å². The van der Waals surface area contributed by atoms with Crippen LogP contribution in [0.15, 0.2) is 59.4 Å². The quantitative estimate of drug-likeness (QED) is 0.560. The molecule has 0 aliphatic rings. The molecule has 0 N–H and O–H groups in total. The van der Waals surface area contributed by atoms with Gasteiger partial charge in [-0.1, -0.05) is 62.2 Å². The zero-order chi connectivity index (χ0) is 10.8. The molecule has 0 rings (SSSR count). The molecule has 0 aromatic heterocycles. The second-order valence-electron chi connectivity index (χ2n) is 2.68. The lowest BCUT2D eigenvalue weighted by Crippen LogP contribution is -1.71. The zero-order valence-corrected chi connectivity index (χ0v) is 9.81. The molecule has 1 heteroatoms. The summed E-state index contributed by atoms with van der Waals surface area (Å²) in [6, 6.07) is 0. The molecule has 0 bridgehead atoms. The van der Waals surface area contributed by atoms with Crippen molar-refractivity contribution in [3.8, 4) is 0 Å². The molecule has 0 saturated heterocycles. The summed E-state index contributed by atoms with van der Waals surface area (Å²) in [5.74, 6) is 0. The van der Waals surface area contributed by atoms with Crippen molar-refractivity contribution in [3.63, 3.8) is 0 Å². The average Bonchev–Trinajstić information content (AvgIpc) is 2.15. The molecule has 0 aliphatic heterocycles. The van der Waals surface area contributed by atoms with Crippen LogP contribution in [0.25, 0.3) is 0 Å². The smallest absolute Gasteiger partial charge is 0.0118 e. The summed E-state index contributed by atoms with van der Waals surface area (Å²) in [7, 11) is 0. The van der Waals surface area contributed by atoms with Crippen LogP contribution in [-0.4, -0.2) is 0 Å². The molecule has 0 fully saturated rings. The Kier molecular flexibility index (Phi) is 8.05. The van der Waals surface area contributed by atoms with Crippen LogP contribution in [0, 0.1) is 0 Å². The van der Waals surface area contributed by atoms with Gasteiger partial charge in [0.15, 0.2) is 0 Å². The lowest BCUT2D eigenvalue weighted by Gasteiger charge is -2.00. The molecule has 0 aromatic rings. The minimum atomic E-state index is 1.05. The summed E-state index contributed by atoms with van der Waals surface area (Å²) in [6.45, 7) is 11.8. The first-order valence-corrected chi connectivity index (χ1v) is 5.55. The maximum absolute atomic E-state index is 3.96. The third-order valence-electron chi connectivity index (χ3n) is 1.40. The Morgan fingerprint density at radius 2 is 2.07 bits per heavy atom. The molecular formula is C13H18S. The fourth-order valence-electron chi connectivity index (χ4n) is 0.839. The van der Waals surface area contributed by atoms with E-state index in [1.807, 2.05) is 25.2 Å². The standard InChI is InChI=1S/C13H18S/c1-5-8-11-12(4)14-13(9-6-2)10-7-3/h6-11H,2,4-5H2,1,3H3/b10-7-,11-8-,13-9+. The Hall–Kier alpha value is -0.950. The van der Waals surface area contributed by atoms with E-state index < -0.39 is 0 Å². The Balaban J connectivity index is 4.30. The van der Waals surface area contributed by atoms with E-state index >= 15 is 0 Å². The first-order valence-electron chi connectivity index (χ1n) is 4.73. The molecule has 0 radical (unpaired) electrons. The number of rotatable bonds is 6. The number of allylic oxidation sites excluding steroid dienone is 6. The summed E-state index contributed by atoms with van der Waals surface area (Å²) >= 11 is 1.66. The summed E-state index contributed by atoms with van der Waals surface area (Å²) in [4.78, 5) is 2.21. The fraction of sp³-hybridized carbons (Fsp3) is 0.231. The lowest BCUT2D eigenvalue weighted by atomic mass is 10.4. The second kappa shape index (κ2) is 8.64. The molecule has 0 unspecified atom stereocenters. The van der Waals surface area contributed by atoms with E-state index in [1.54, 1.807) is 17.8 Å². The highest BCUT2D eigenvalue weighted by molar-refractivity contribution is 8.07. The topological polar surface area (TPSA) is 0 Å². The molecule has 14 heavy (non-hydrogen) atoms. The van der Waals surface area contributed by atoms with Gasteiger partial charge in [0.2, 0.25) is 0 Å². The van der Waals surface area contributed by atoms with Gasteiger partial charge in [-0.3, -0.25) is 0 Å². The first kappa shape index (κ1) is 13.1. The van der Waals surface area contributed by atoms with Gasteiger partial charge in [0.05, 0.1) is 0 Å². The van der Waals surface area contributed by atoms with E-state index in [0.717, 1.165) is 16.2 Å². The summed E-state index contributed by atoms with van der Waals surface area (Å²) in [5.41, 5.74) is 0. The molecule has 0 nitrogen and oxygen atoms in total. The minimum Gasteiger partial charge on any atom is -0.0990 e. The predicted molar refractivity (Wildman–Crippen MR) is 69.3 cm³/mol. The Labute approximate surface area is 91.8 Å². The minimum absolute atomic E-state index is 1.05. The highest BCUT2D eigenvalue weighted by atomic mass is 32.2. The van der Waals surface area contributed by atoms with Crippen molar-refractivity contribution in [2.45, 2.75) is 20.3 Å². The van der Waals surface area contributed by atoms with Crippen molar-refractivity contribution < 1.29 is 0 Å². The van der Waals surface area contributed by atoms with E-state index in [9.17, 15) is 0 Å². The van der Waals surface area contributed by atoms with Crippen molar-refractivity contribution in [3.05, 3.63) is 59.4 Å². The van der Waals surface area contributed by atoms with Gasteiger partial charge in [0.25, 0.3) is 0 Å². The lowest BCUT2D eigenvalue weighted by molar-refractivity contribution is 1.22. The largest absolute Gasteiger partial charge is 0.0990 e. The first-order chi connectivity index (χ1) is 6.74. The summed E-state index contributed by atoms with van der Waals surface area (Å²) in [5, 5.41) is 0. The van der Waals surface area contributed by atoms with Crippen molar-refractivity contribution in [2.75, 3.05) is 0 Å². The average molecular weight is 206 g/mol. The predicted octanol–water partition coefficient (Wildman–Crippen LogP) is 4.85. The third kappa shape index (κ3) is 6.55. The maximum atomic E-state index is 3.96. The fourth-order valence-corrected chi connectivity index (χ4v) is 1.67. The summed E-state index contributed by atoms with van der Waals surface area (Å²) < 4.78 is 0. The van der Waals surface area contributed by atoms with Crippen LogP contribution in [0.3, 0.4) is 0 Å². The van der Waals surface area contributed by atoms with E-state index in [0.29, 0.717) is 0 Å². The Bertz CT molecular complexity index is 267. The molecule has 0 amide bonds. The Morgan fingerprint density at radius 1 is 1.36 bits per heavy atom. The van der Waals surface area contributed by atoms with Gasteiger partial charge < -0.3 is 0 Å². The Morgan fingerprint density at radius 3 is 2.57 bits per heavy atom. The highest BCUT2D eigenvalue weighted by Gasteiger charge is 1.93. The molecule has 0 aromatic carbocycles. The van der Waals surface area contributed by atoms with Gasteiger partial charge in [-0.05, 0) is 19.4 Å². The van der Waals surface area contributed by atoms with Gasteiger partial charge in [-0.25, -0.2) is 0 Å². The summed E-state index contributed by atoms with van der Waals surface area (Å²) in [6.07, 6.45) is 13.0. The molecular weight excluding hydrogens is 188 g/mol. The van der Waals surface area contributed by atoms with Crippen LogP contribution in [0.5, 0.6) is 0 Å². The van der Waals surface area contributed by atoms with Gasteiger partial charge in [-0.2, -0.15) is 0 Å². The monoisotopic (exact) mass is 206 g/mol. The van der Waals surface area contributed by atoms with Crippen molar-refractivity contribution >= 4 is 11.8 Å². The van der Waals surface area contributed by atoms with Gasteiger partial charge in [0.1, 0.15) is 0 Å². The molecule has 0 aliphatic carbocycles. The zero-order valence-electron chi connectivity index (χ0n) is 8.99. The van der Waals surface area contributed by atoms with Crippen LogP contribution < -0.4 is 0 Å². The van der Waals surface area contributed by atoms with Crippen LogP contribution in [0.4, 0.5) is 0 Å². The van der Waals surface area contributed by atoms with E-state index in [2.05, 4.69) is 32.2 Å². The van der Waals surface area contributed by atoms with E-state index in [1.165, 1.54) is 0 Å². The van der Waals surface area contributed by atoms with Crippen LogP contribution in [0.2, 0.25) is 0 Å². The number of hydrogen-bond donors (Lipinski definition) is 0. The van der Waals surface area contributed by atoms with Crippen LogP contribution in [-0.2, 0) is 0 Å². The molecule has 0 spiro atoms. The van der Waals surface area contributed by atoms with Gasteiger partial charge in [-0.15, -0.1) is 0 Å². The van der Waals surface area contributed by atoms with E-state index in [4.69, 9.17) is 0 Å². The molecule has 0 heterocycles. The number of hydrogen-bond acceptors (Lipinski definition) is 1. The van der Waals surface area contributed by atoms with Crippen molar-refractivity contribution in [1.29, 1.82) is 0 Å². The number of thioether (sulfide) groups is 1. The highest BCUT2D eigenvalue weighted by Crippen LogP contribution is 2.26. The van der Waals surface area contributed by atoms with Gasteiger partial charge >= 0.3 is 0 Å². The normalized spacial score (nSPS) is 12.6. The van der Waals surface area contributed by atoms with Crippen LogP contribution >= 0.6 is 11.8 Å². The molecule has 76 valence electrons. The van der Waals surface area contributed by atoms with Crippen molar-refractivity contribution in [2.24, 2.45) is 0 Å². The van der Waals surface area contributed by atoms with Crippen molar-refractivity contribution in [1.82, 2.24) is 0 Å². The molecule has 0 atom stereocenters. The third-order valence-corrected chi connectivity index (χ3v) is 2.31. The maximum Gasteiger partial charge on any atom is 0.0118 e.